The van der Waals surface area contributed by atoms with Crippen LogP contribution in [0.4, 0.5) is 0 Å². The number of hydrogen-bond donors (Lipinski definition) is 1. The summed E-state index contributed by atoms with van der Waals surface area (Å²) >= 11 is 0. The van der Waals surface area contributed by atoms with Crippen molar-refractivity contribution < 1.29 is 19.4 Å². The zero-order valence-corrected chi connectivity index (χ0v) is 19.4. The molecule has 0 aromatic rings. The molecular weight excluding hydrogens is 388 g/mol. The van der Waals surface area contributed by atoms with Crippen molar-refractivity contribution in [2.24, 2.45) is 5.92 Å². The van der Waals surface area contributed by atoms with Crippen molar-refractivity contribution in [1.82, 2.24) is 0 Å². The standard InChI is InChI=1S/C27H38O4/c1-5-10-26-22(4)25(28)19-24(30-26)14-7-6-11-20(2)12-8-13-21(3)17-18-23-15-9-16-27(29)31-23/h5-7,9-11,13,16-18,22-26,28H,8,12,14-15,19H2,1-4H3/b7-6+,10-5+,18-17+,20-11+,21-13-/t22-,23?,24?,25?,26?/m0/s1. The molecule has 0 aromatic carbocycles. The molecule has 2 heterocycles. The summed E-state index contributed by atoms with van der Waals surface area (Å²) in [5.41, 5.74) is 2.49. The highest BCUT2D eigenvalue weighted by Gasteiger charge is 2.32. The molecule has 1 fully saturated rings. The molecule has 4 nitrogen and oxygen atoms in total. The van der Waals surface area contributed by atoms with E-state index in [9.17, 15) is 9.90 Å². The minimum atomic E-state index is -0.309. The monoisotopic (exact) mass is 426 g/mol. The number of ether oxygens (including phenoxy) is 2. The van der Waals surface area contributed by atoms with Crippen LogP contribution in [0.25, 0.3) is 0 Å². The van der Waals surface area contributed by atoms with E-state index >= 15 is 0 Å². The lowest BCUT2D eigenvalue weighted by atomic mass is 9.89. The number of aliphatic hydroxyl groups is 1. The summed E-state index contributed by atoms with van der Waals surface area (Å²) in [6.07, 6.45) is 23.7. The van der Waals surface area contributed by atoms with Crippen molar-refractivity contribution in [3.8, 4) is 0 Å². The van der Waals surface area contributed by atoms with Crippen LogP contribution < -0.4 is 0 Å². The summed E-state index contributed by atoms with van der Waals surface area (Å²) in [7, 11) is 0. The van der Waals surface area contributed by atoms with Gasteiger partial charge in [0.1, 0.15) is 6.10 Å². The molecule has 2 rings (SSSR count). The molecule has 1 saturated heterocycles. The van der Waals surface area contributed by atoms with Gasteiger partial charge < -0.3 is 14.6 Å². The Balaban J connectivity index is 1.72. The minimum Gasteiger partial charge on any atom is -0.455 e. The third-order valence-corrected chi connectivity index (χ3v) is 5.75. The molecule has 0 radical (unpaired) electrons. The quantitative estimate of drug-likeness (QED) is 0.289. The van der Waals surface area contributed by atoms with E-state index in [0.29, 0.717) is 6.42 Å². The first-order valence-electron chi connectivity index (χ1n) is 11.4. The van der Waals surface area contributed by atoms with Crippen LogP contribution in [-0.4, -0.2) is 35.5 Å². The zero-order chi connectivity index (χ0) is 22.6. The highest BCUT2D eigenvalue weighted by molar-refractivity contribution is 5.82. The Hall–Kier alpha value is -2.17. The van der Waals surface area contributed by atoms with Gasteiger partial charge >= 0.3 is 5.97 Å². The van der Waals surface area contributed by atoms with Gasteiger partial charge in [0.05, 0.1) is 18.3 Å². The maximum atomic E-state index is 11.2. The van der Waals surface area contributed by atoms with Crippen molar-refractivity contribution in [3.05, 3.63) is 71.9 Å². The van der Waals surface area contributed by atoms with Crippen LogP contribution in [0.15, 0.2) is 71.9 Å². The lowest BCUT2D eigenvalue weighted by molar-refractivity contribution is -0.141. The Morgan fingerprint density at radius 2 is 2.10 bits per heavy atom. The summed E-state index contributed by atoms with van der Waals surface area (Å²) < 4.78 is 11.3. The summed E-state index contributed by atoms with van der Waals surface area (Å²) in [6.45, 7) is 8.23. The van der Waals surface area contributed by atoms with Crippen LogP contribution >= 0.6 is 0 Å². The fraction of sp³-hybridized carbons (Fsp3) is 0.519. The van der Waals surface area contributed by atoms with Crippen LogP contribution in [0, 0.1) is 5.92 Å². The number of carbonyl (C=O) groups excluding carboxylic acids is 1. The Morgan fingerprint density at radius 1 is 1.29 bits per heavy atom. The first-order valence-corrected chi connectivity index (χ1v) is 11.4. The third-order valence-electron chi connectivity index (χ3n) is 5.75. The first-order chi connectivity index (χ1) is 14.9. The topological polar surface area (TPSA) is 55.8 Å². The normalized spacial score (nSPS) is 30.6. The Bertz CT molecular complexity index is 753. The number of cyclic esters (lactones) is 1. The van der Waals surface area contributed by atoms with Gasteiger partial charge in [-0.1, -0.05) is 66.7 Å². The number of rotatable bonds is 9. The van der Waals surface area contributed by atoms with Crippen LogP contribution in [0.3, 0.4) is 0 Å². The largest absolute Gasteiger partial charge is 0.455 e. The summed E-state index contributed by atoms with van der Waals surface area (Å²) in [5.74, 6) is -0.130. The third kappa shape index (κ3) is 9.24. The molecule has 1 N–H and O–H groups in total. The molecule has 4 unspecified atom stereocenters. The Kier molecular flexibility index (Phi) is 10.8. The van der Waals surface area contributed by atoms with Crippen LogP contribution in [-0.2, 0) is 14.3 Å². The predicted molar refractivity (Wildman–Crippen MR) is 127 cm³/mol. The van der Waals surface area contributed by atoms with Crippen molar-refractivity contribution >= 4 is 5.97 Å². The molecule has 0 bridgehead atoms. The molecule has 2 aliphatic heterocycles. The number of aliphatic hydroxyl groups excluding tert-OH is 1. The van der Waals surface area contributed by atoms with Crippen LogP contribution in [0.2, 0.25) is 0 Å². The summed E-state index contributed by atoms with van der Waals surface area (Å²) in [6, 6.07) is 0. The van der Waals surface area contributed by atoms with Gasteiger partial charge in [-0.2, -0.15) is 0 Å². The van der Waals surface area contributed by atoms with Crippen LogP contribution in [0.1, 0.15) is 59.8 Å². The SMILES string of the molecule is C/C=C/C1OC(C/C=C/C=C(\C)CC/C=C(C)\C=C\C2CC=CC(=O)O2)CC(O)[C@@H]1C. The van der Waals surface area contributed by atoms with Gasteiger partial charge in [0.25, 0.3) is 0 Å². The molecule has 5 atom stereocenters. The zero-order valence-electron chi connectivity index (χ0n) is 19.4. The molecule has 0 amide bonds. The molecule has 0 aliphatic carbocycles. The second kappa shape index (κ2) is 13.3. The molecule has 4 heteroatoms. The van der Waals surface area contributed by atoms with Gasteiger partial charge in [0.15, 0.2) is 0 Å². The molecular formula is C27H38O4. The fourth-order valence-corrected chi connectivity index (χ4v) is 3.72. The first kappa shape index (κ1) is 25.1. The average Bonchev–Trinajstić information content (AvgIpc) is 2.73. The highest BCUT2D eigenvalue weighted by Crippen LogP contribution is 2.28. The van der Waals surface area contributed by atoms with E-state index in [0.717, 1.165) is 25.7 Å². The van der Waals surface area contributed by atoms with Gasteiger partial charge in [-0.05, 0) is 46.1 Å². The summed E-state index contributed by atoms with van der Waals surface area (Å²) in [4.78, 5) is 11.2. The lowest BCUT2D eigenvalue weighted by Crippen LogP contribution is -2.41. The van der Waals surface area contributed by atoms with Crippen molar-refractivity contribution in [1.29, 1.82) is 0 Å². The van der Waals surface area contributed by atoms with E-state index in [1.54, 1.807) is 0 Å². The molecule has 0 saturated carbocycles. The second-order valence-corrected chi connectivity index (χ2v) is 8.55. The smallest absolute Gasteiger partial charge is 0.331 e. The minimum absolute atomic E-state index is 0.00451. The molecule has 170 valence electrons. The summed E-state index contributed by atoms with van der Waals surface area (Å²) in [5, 5.41) is 10.3. The molecule has 2 aliphatic rings. The Morgan fingerprint density at radius 3 is 2.84 bits per heavy atom. The van der Waals surface area contributed by atoms with Crippen molar-refractivity contribution in [2.75, 3.05) is 0 Å². The van der Waals surface area contributed by atoms with E-state index in [4.69, 9.17) is 9.47 Å². The average molecular weight is 427 g/mol. The molecule has 0 spiro atoms. The van der Waals surface area contributed by atoms with Gasteiger partial charge in [-0.25, -0.2) is 4.79 Å². The predicted octanol–water partition coefficient (Wildman–Crippen LogP) is 5.76. The van der Waals surface area contributed by atoms with E-state index in [1.165, 1.54) is 17.2 Å². The van der Waals surface area contributed by atoms with Gasteiger partial charge in [-0.15, -0.1) is 0 Å². The van der Waals surface area contributed by atoms with E-state index in [1.807, 2.05) is 44.2 Å². The van der Waals surface area contributed by atoms with Gasteiger partial charge in [0.2, 0.25) is 0 Å². The van der Waals surface area contributed by atoms with Crippen molar-refractivity contribution in [2.45, 2.75) is 84.2 Å². The lowest BCUT2D eigenvalue weighted by Gasteiger charge is -2.36. The van der Waals surface area contributed by atoms with Gasteiger partial charge in [0, 0.05) is 24.8 Å². The van der Waals surface area contributed by atoms with E-state index in [2.05, 4.69) is 38.2 Å². The van der Waals surface area contributed by atoms with Crippen molar-refractivity contribution in [3.63, 3.8) is 0 Å². The fourth-order valence-electron chi connectivity index (χ4n) is 3.72. The highest BCUT2D eigenvalue weighted by atomic mass is 16.5. The maximum absolute atomic E-state index is 11.2. The molecule has 0 aromatic heterocycles. The Labute approximate surface area is 187 Å². The maximum Gasteiger partial charge on any atom is 0.331 e. The number of allylic oxidation sites excluding steroid dienone is 7. The van der Waals surface area contributed by atoms with Gasteiger partial charge in [-0.3, -0.25) is 0 Å². The van der Waals surface area contributed by atoms with E-state index in [-0.39, 0.29) is 36.3 Å². The van der Waals surface area contributed by atoms with E-state index < -0.39 is 0 Å². The number of esters is 1. The number of hydrogen-bond acceptors (Lipinski definition) is 4. The molecule has 31 heavy (non-hydrogen) atoms. The number of carbonyl (C=O) groups is 1. The second-order valence-electron chi connectivity index (χ2n) is 8.55. The van der Waals surface area contributed by atoms with Crippen LogP contribution in [0.5, 0.6) is 0 Å².